The fraction of sp³-hybridized carbons (Fsp3) is 0.647. The summed E-state index contributed by atoms with van der Waals surface area (Å²) in [6, 6.07) is 0. The normalized spacial score (nSPS) is 21.3. The quantitative estimate of drug-likeness (QED) is 0.593. The fourth-order valence-electron chi connectivity index (χ4n) is 3.01. The van der Waals surface area contributed by atoms with Crippen LogP contribution in [0.1, 0.15) is 59.8 Å². The first-order valence-corrected chi connectivity index (χ1v) is 7.25. The van der Waals surface area contributed by atoms with Crippen molar-refractivity contribution in [1.29, 1.82) is 0 Å². The summed E-state index contributed by atoms with van der Waals surface area (Å²) < 4.78 is 0. The molecule has 0 spiro atoms. The summed E-state index contributed by atoms with van der Waals surface area (Å²) in [7, 11) is 0. The van der Waals surface area contributed by atoms with E-state index in [1.54, 1.807) is 22.3 Å². The molecule has 1 saturated carbocycles. The highest BCUT2D eigenvalue weighted by atomic mass is 14.3. The lowest BCUT2D eigenvalue weighted by molar-refractivity contribution is 0.596. The Morgan fingerprint density at radius 3 is 1.65 bits per heavy atom. The van der Waals surface area contributed by atoms with Gasteiger partial charge in [-0.15, -0.1) is 0 Å². The monoisotopic (exact) mass is 230 g/mol. The first-order valence-electron chi connectivity index (χ1n) is 7.25. The molecule has 0 nitrogen and oxygen atoms in total. The summed E-state index contributed by atoms with van der Waals surface area (Å²) in [6.07, 6.45) is 11.8. The maximum Gasteiger partial charge on any atom is -0.0216 e. The van der Waals surface area contributed by atoms with E-state index in [0.717, 1.165) is 0 Å². The molecule has 2 aliphatic carbocycles. The molecule has 0 amide bonds. The molecule has 0 aliphatic heterocycles. The number of rotatable bonds is 2. The lowest BCUT2D eigenvalue weighted by Crippen LogP contribution is -2.00. The molecule has 0 aromatic carbocycles. The summed E-state index contributed by atoms with van der Waals surface area (Å²) in [5, 5.41) is 0. The molecule has 0 heterocycles. The van der Waals surface area contributed by atoms with Crippen molar-refractivity contribution in [2.24, 2.45) is 11.8 Å². The summed E-state index contributed by atoms with van der Waals surface area (Å²) in [5.41, 5.74) is 6.42. The lowest BCUT2D eigenvalue weighted by atomic mass is 9.91. The highest BCUT2D eigenvalue weighted by Gasteiger charge is 2.20. The minimum Gasteiger partial charge on any atom is -0.0629 e. The molecule has 0 unspecified atom stereocenters. The highest BCUT2D eigenvalue weighted by Crippen LogP contribution is 2.37. The average Bonchev–Trinajstić information content (AvgIpc) is 2.75. The van der Waals surface area contributed by atoms with Gasteiger partial charge in [-0.25, -0.2) is 0 Å². The topological polar surface area (TPSA) is 0 Å². The van der Waals surface area contributed by atoms with Crippen molar-refractivity contribution in [3.63, 3.8) is 0 Å². The van der Waals surface area contributed by atoms with Crippen molar-refractivity contribution >= 4 is 0 Å². The molecule has 0 aromatic heterocycles. The molecule has 0 N–H and O–H groups in total. The van der Waals surface area contributed by atoms with Gasteiger partial charge >= 0.3 is 0 Å². The van der Waals surface area contributed by atoms with E-state index in [9.17, 15) is 0 Å². The van der Waals surface area contributed by atoms with Crippen LogP contribution in [-0.2, 0) is 0 Å². The zero-order valence-electron chi connectivity index (χ0n) is 11.8. The maximum absolute atomic E-state index is 2.47. The predicted molar refractivity (Wildman–Crippen MR) is 76.0 cm³/mol. The van der Waals surface area contributed by atoms with E-state index in [1.165, 1.54) is 32.1 Å². The first kappa shape index (κ1) is 12.7. The van der Waals surface area contributed by atoms with Crippen LogP contribution >= 0.6 is 0 Å². The van der Waals surface area contributed by atoms with Crippen molar-refractivity contribution in [3.05, 3.63) is 34.4 Å². The van der Waals surface area contributed by atoms with Gasteiger partial charge in [0.15, 0.2) is 0 Å². The van der Waals surface area contributed by atoms with Crippen LogP contribution in [-0.4, -0.2) is 0 Å². The van der Waals surface area contributed by atoms with Gasteiger partial charge in [-0.3, -0.25) is 0 Å². The molecule has 0 heteroatoms. The third-order valence-corrected chi connectivity index (χ3v) is 4.06. The largest absolute Gasteiger partial charge is 0.0629 e. The predicted octanol–water partition coefficient (Wildman–Crippen LogP) is 5.43. The van der Waals surface area contributed by atoms with Gasteiger partial charge in [-0.05, 0) is 54.2 Å². The number of allylic oxidation sites excluding steroid dienone is 6. The fourth-order valence-corrected chi connectivity index (χ4v) is 3.01. The van der Waals surface area contributed by atoms with E-state index < -0.39 is 0 Å². The molecule has 1 fully saturated rings. The molecule has 2 rings (SSSR count). The minimum atomic E-state index is 0.658. The summed E-state index contributed by atoms with van der Waals surface area (Å²) in [4.78, 5) is 0. The van der Waals surface area contributed by atoms with E-state index in [1.807, 2.05) is 0 Å². The molecule has 0 atom stereocenters. The Kier molecular flexibility index (Phi) is 3.91. The van der Waals surface area contributed by atoms with Crippen LogP contribution in [0, 0.1) is 11.8 Å². The van der Waals surface area contributed by atoms with Gasteiger partial charge in [0, 0.05) is 0 Å². The van der Waals surface area contributed by atoms with Crippen molar-refractivity contribution in [1.82, 2.24) is 0 Å². The Morgan fingerprint density at radius 2 is 1.24 bits per heavy atom. The molecule has 0 aromatic rings. The summed E-state index contributed by atoms with van der Waals surface area (Å²) in [6.45, 7) is 9.26. The Hall–Kier alpha value is -0.780. The smallest absolute Gasteiger partial charge is 0.0216 e. The molecule has 17 heavy (non-hydrogen) atoms. The molecular weight excluding hydrogens is 204 g/mol. The Labute approximate surface area is 106 Å². The van der Waals surface area contributed by atoms with Gasteiger partial charge < -0.3 is 0 Å². The van der Waals surface area contributed by atoms with Crippen LogP contribution in [0.2, 0.25) is 0 Å². The molecule has 0 saturated heterocycles. The van der Waals surface area contributed by atoms with E-state index in [4.69, 9.17) is 0 Å². The van der Waals surface area contributed by atoms with Gasteiger partial charge in [-0.1, -0.05) is 51.8 Å². The maximum atomic E-state index is 2.47. The lowest BCUT2D eigenvalue weighted by Gasteiger charge is -2.15. The van der Waals surface area contributed by atoms with Gasteiger partial charge in [0.2, 0.25) is 0 Å². The van der Waals surface area contributed by atoms with Crippen molar-refractivity contribution < 1.29 is 0 Å². The zero-order valence-corrected chi connectivity index (χ0v) is 11.8. The Bertz CT molecular complexity index is 341. The molecule has 0 radical (unpaired) electrons. The minimum absolute atomic E-state index is 0.658. The van der Waals surface area contributed by atoms with Crippen LogP contribution < -0.4 is 0 Å². The third-order valence-electron chi connectivity index (χ3n) is 4.06. The second kappa shape index (κ2) is 5.25. The average molecular weight is 230 g/mol. The van der Waals surface area contributed by atoms with Crippen LogP contribution in [0.15, 0.2) is 34.4 Å². The highest BCUT2D eigenvalue weighted by molar-refractivity contribution is 5.55. The van der Waals surface area contributed by atoms with E-state index in [-0.39, 0.29) is 0 Å². The molecule has 0 bridgehead atoms. The molecule has 2 aliphatic rings. The summed E-state index contributed by atoms with van der Waals surface area (Å²) >= 11 is 0. The van der Waals surface area contributed by atoms with Crippen LogP contribution in [0.25, 0.3) is 0 Å². The number of hydrogen-bond acceptors (Lipinski definition) is 0. The van der Waals surface area contributed by atoms with Gasteiger partial charge in [-0.2, -0.15) is 0 Å². The second-order valence-electron chi connectivity index (χ2n) is 6.13. The third kappa shape index (κ3) is 2.73. The van der Waals surface area contributed by atoms with Gasteiger partial charge in [0.05, 0.1) is 0 Å². The van der Waals surface area contributed by atoms with Crippen molar-refractivity contribution in [2.45, 2.75) is 59.8 Å². The van der Waals surface area contributed by atoms with Gasteiger partial charge in [0.1, 0.15) is 0 Å². The first-order chi connectivity index (χ1) is 8.09. The van der Waals surface area contributed by atoms with E-state index in [0.29, 0.717) is 11.8 Å². The van der Waals surface area contributed by atoms with Gasteiger partial charge in [0.25, 0.3) is 0 Å². The summed E-state index contributed by atoms with van der Waals surface area (Å²) in [5.74, 6) is 1.32. The standard InChI is InChI=1S/C17H26/c1-12(2)16-10-15(11-17(16)13(3)4)14-8-6-5-7-9-14/h10-13H,5-9H2,1-4H3. The molecular formula is C17H26. The van der Waals surface area contributed by atoms with E-state index >= 15 is 0 Å². The zero-order chi connectivity index (χ0) is 12.4. The van der Waals surface area contributed by atoms with Crippen LogP contribution in [0.3, 0.4) is 0 Å². The van der Waals surface area contributed by atoms with Crippen molar-refractivity contribution in [3.8, 4) is 0 Å². The SMILES string of the molecule is CC(C)C1=CC(=C2CCCCC2)C=C1C(C)C. The van der Waals surface area contributed by atoms with Crippen LogP contribution in [0.5, 0.6) is 0 Å². The molecule has 94 valence electrons. The second-order valence-corrected chi connectivity index (χ2v) is 6.13. The van der Waals surface area contributed by atoms with Crippen LogP contribution in [0.4, 0.5) is 0 Å². The van der Waals surface area contributed by atoms with Crippen molar-refractivity contribution in [2.75, 3.05) is 0 Å². The number of hydrogen-bond donors (Lipinski definition) is 0. The van der Waals surface area contributed by atoms with E-state index in [2.05, 4.69) is 39.8 Å². The Balaban J connectivity index is 2.32. The Morgan fingerprint density at radius 1 is 0.765 bits per heavy atom.